The van der Waals surface area contributed by atoms with E-state index in [9.17, 15) is 4.79 Å². The zero-order valence-electron chi connectivity index (χ0n) is 11.2. The van der Waals surface area contributed by atoms with Gasteiger partial charge in [0.2, 0.25) is 5.91 Å². The molecule has 0 spiro atoms. The summed E-state index contributed by atoms with van der Waals surface area (Å²) in [5, 5.41) is 3.43. The first-order valence-electron chi connectivity index (χ1n) is 7.29. The van der Waals surface area contributed by atoms with Gasteiger partial charge in [0.05, 0.1) is 6.04 Å². The van der Waals surface area contributed by atoms with E-state index in [1.165, 1.54) is 32.1 Å². The Hall–Kier alpha value is -0.570. The number of hydrogen-bond acceptors (Lipinski definition) is 2. The molecule has 2 rings (SSSR count). The molecule has 0 saturated carbocycles. The molecule has 17 heavy (non-hydrogen) atoms. The van der Waals surface area contributed by atoms with Crippen molar-refractivity contribution in [2.45, 2.75) is 76.9 Å². The van der Waals surface area contributed by atoms with Crippen molar-refractivity contribution in [1.82, 2.24) is 10.2 Å². The summed E-state index contributed by atoms with van der Waals surface area (Å²) in [6.07, 6.45) is 8.18. The molecule has 3 heteroatoms. The topological polar surface area (TPSA) is 32.3 Å². The number of carbonyl (C=O) groups is 1. The molecule has 2 aliphatic heterocycles. The van der Waals surface area contributed by atoms with Crippen molar-refractivity contribution in [2.75, 3.05) is 6.54 Å². The molecule has 3 nitrogen and oxygen atoms in total. The van der Waals surface area contributed by atoms with Gasteiger partial charge in [-0.05, 0) is 45.6 Å². The summed E-state index contributed by atoms with van der Waals surface area (Å²) in [5.74, 6) is 0.365. The summed E-state index contributed by atoms with van der Waals surface area (Å²) >= 11 is 0. The maximum atomic E-state index is 12.6. The maximum absolute atomic E-state index is 12.6. The van der Waals surface area contributed by atoms with Gasteiger partial charge in [0.15, 0.2) is 0 Å². The van der Waals surface area contributed by atoms with E-state index >= 15 is 0 Å². The second kappa shape index (κ2) is 5.85. The lowest BCUT2D eigenvalue weighted by atomic mass is 10.1. The van der Waals surface area contributed by atoms with E-state index in [0.717, 1.165) is 19.4 Å². The summed E-state index contributed by atoms with van der Waals surface area (Å²) in [6, 6.07) is 1.02. The lowest BCUT2D eigenvalue weighted by Crippen LogP contribution is -2.50. The fourth-order valence-corrected chi connectivity index (χ4v) is 3.29. The Morgan fingerprint density at radius 3 is 2.82 bits per heavy atom. The molecule has 2 aliphatic rings. The standard InChI is InChI=1S/C14H26N2O/c1-3-12-9-8-11(2)16(12)14(17)13-7-5-4-6-10-15-13/h11-13,15H,3-10H2,1-2H3. The molecule has 0 bridgehead atoms. The van der Waals surface area contributed by atoms with Crippen molar-refractivity contribution < 1.29 is 4.79 Å². The summed E-state index contributed by atoms with van der Waals surface area (Å²) in [4.78, 5) is 14.8. The molecule has 2 saturated heterocycles. The lowest BCUT2D eigenvalue weighted by molar-refractivity contribution is -0.136. The SMILES string of the molecule is CCC1CCC(C)N1C(=O)C1CCCCCN1. The third kappa shape index (κ3) is 2.82. The molecule has 0 aliphatic carbocycles. The summed E-state index contributed by atoms with van der Waals surface area (Å²) in [7, 11) is 0. The normalized spacial score (nSPS) is 34.7. The van der Waals surface area contributed by atoms with Crippen LogP contribution in [0.15, 0.2) is 0 Å². The van der Waals surface area contributed by atoms with Gasteiger partial charge in [-0.1, -0.05) is 19.8 Å². The first-order chi connectivity index (χ1) is 8.24. The molecule has 3 unspecified atom stereocenters. The van der Waals surface area contributed by atoms with E-state index in [1.807, 2.05) is 0 Å². The minimum absolute atomic E-state index is 0.0899. The highest BCUT2D eigenvalue weighted by molar-refractivity contribution is 5.82. The summed E-state index contributed by atoms with van der Waals surface area (Å²) < 4.78 is 0. The highest BCUT2D eigenvalue weighted by Crippen LogP contribution is 2.27. The molecule has 98 valence electrons. The highest BCUT2D eigenvalue weighted by Gasteiger charge is 2.36. The predicted molar refractivity (Wildman–Crippen MR) is 69.9 cm³/mol. The quantitative estimate of drug-likeness (QED) is 0.800. The van der Waals surface area contributed by atoms with E-state index in [4.69, 9.17) is 0 Å². The largest absolute Gasteiger partial charge is 0.336 e. The average molecular weight is 238 g/mol. The van der Waals surface area contributed by atoms with Gasteiger partial charge in [0.1, 0.15) is 0 Å². The third-order valence-corrected chi connectivity index (χ3v) is 4.37. The minimum Gasteiger partial charge on any atom is -0.336 e. The van der Waals surface area contributed by atoms with Gasteiger partial charge in [-0.2, -0.15) is 0 Å². The van der Waals surface area contributed by atoms with Crippen molar-refractivity contribution in [3.8, 4) is 0 Å². The monoisotopic (exact) mass is 238 g/mol. The molecule has 0 aromatic heterocycles. The second-order valence-electron chi connectivity index (χ2n) is 5.59. The van der Waals surface area contributed by atoms with Crippen LogP contribution in [0.4, 0.5) is 0 Å². The van der Waals surface area contributed by atoms with Gasteiger partial charge in [-0.25, -0.2) is 0 Å². The first kappa shape index (κ1) is 12.9. The Kier molecular flexibility index (Phi) is 4.43. The van der Waals surface area contributed by atoms with Crippen LogP contribution in [-0.4, -0.2) is 35.5 Å². The number of rotatable bonds is 2. The number of hydrogen-bond donors (Lipinski definition) is 1. The number of amides is 1. The van der Waals surface area contributed by atoms with Crippen molar-refractivity contribution in [3.05, 3.63) is 0 Å². The maximum Gasteiger partial charge on any atom is 0.240 e. The first-order valence-corrected chi connectivity index (χ1v) is 7.29. The molecular formula is C14H26N2O. The minimum atomic E-state index is 0.0899. The Bertz CT molecular complexity index is 259. The van der Waals surface area contributed by atoms with E-state index in [2.05, 4.69) is 24.1 Å². The van der Waals surface area contributed by atoms with Crippen molar-refractivity contribution in [2.24, 2.45) is 0 Å². The van der Waals surface area contributed by atoms with Crippen LogP contribution in [0.5, 0.6) is 0 Å². The van der Waals surface area contributed by atoms with Crippen LogP contribution in [0, 0.1) is 0 Å². The van der Waals surface area contributed by atoms with Gasteiger partial charge < -0.3 is 10.2 Å². The smallest absolute Gasteiger partial charge is 0.240 e. The molecular weight excluding hydrogens is 212 g/mol. The Balaban J connectivity index is 2.01. The van der Waals surface area contributed by atoms with Crippen LogP contribution < -0.4 is 5.32 Å². The van der Waals surface area contributed by atoms with Crippen LogP contribution in [0.25, 0.3) is 0 Å². The van der Waals surface area contributed by atoms with E-state index in [1.54, 1.807) is 0 Å². The number of nitrogens with zero attached hydrogens (tertiary/aromatic N) is 1. The molecule has 1 N–H and O–H groups in total. The van der Waals surface area contributed by atoms with E-state index in [0.29, 0.717) is 18.0 Å². The van der Waals surface area contributed by atoms with Crippen molar-refractivity contribution >= 4 is 5.91 Å². The Morgan fingerprint density at radius 2 is 2.06 bits per heavy atom. The Morgan fingerprint density at radius 1 is 1.24 bits per heavy atom. The molecule has 0 aromatic carbocycles. The van der Waals surface area contributed by atoms with Crippen LogP contribution in [-0.2, 0) is 4.79 Å². The van der Waals surface area contributed by atoms with Crippen molar-refractivity contribution in [1.29, 1.82) is 0 Å². The Labute approximate surface area is 105 Å². The van der Waals surface area contributed by atoms with E-state index in [-0.39, 0.29) is 6.04 Å². The van der Waals surface area contributed by atoms with E-state index < -0.39 is 0 Å². The molecule has 0 radical (unpaired) electrons. The molecule has 2 fully saturated rings. The van der Waals surface area contributed by atoms with Crippen LogP contribution >= 0.6 is 0 Å². The van der Waals surface area contributed by atoms with Gasteiger partial charge in [0, 0.05) is 12.1 Å². The van der Waals surface area contributed by atoms with Crippen LogP contribution in [0.1, 0.15) is 58.8 Å². The molecule has 3 atom stereocenters. The van der Waals surface area contributed by atoms with Gasteiger partial charge in [-0.3, -0.25) is 4.79 Å². The fourth-order valence-electron chi connectivity index (χ4n) is 3.29. The van der Waals surface area contributed by atoms with Crippen molar-refractivity contribution in [3.63, 3.8) is 0 Å². The molecule has 2 heterocycles. The molecule has 1 amide bonds. The molecule has 0 aromatic rings. The zero-order valence-corrected chi connectivity index (χ0v) is 11.2. The van der Waals surface area contributed by atoms with Gasteiger partial charge >= 0.3 is 0 Å². The summed E-state index contributed by atoms with van der Waals surface area (Å²) in [6.45, 7) is 5.41. The highest BCUT2D eigenvalue weighted by atomic mass is 16.2. The number of carbonyl (C=O) groups excluding carboxylic acids is 1. The van der Waals surface area contributed by atoms with Crippen LogP contribution in [0.2, 0.25) is 0 Å². The third-order valence-electron chi connectivity index (χ3n) is 4.37. The number of nitrogens with one attached hydrogen (secondary N) is 1. The lowest BCUT2D eigenvalue weighted by Gasteiger charge is -2.31. The second-order valence-corrected chi connectivity index (χ2v) is 5.59. The predicted octanol–water partition coefficient (Wildman–Crippen LogP) is 2.31. The zero-order chi connectivity index (χ0) is 12.3. The fraction of sp³-hybridized carbons (Fsp3) is 0.929. The average Bonchev–Trinajstić information content (AvgIpc) is 2.56. The number of likely N-dealkylation sites (tertiary alicyclic amines) is 1. The van der Waals surface area contributed by atoms with Gasteiger partial charge in [-0.15, -0.1) is 0 Å². The van der Waals surface area contributed by atoms with Gasteiger partial charge in [0.25, 0.3) is 0 Å². The summed E-state index contributed by atoms with van der Waals surface area (Å²) in [5.41, 5.74) is 0. The van der Waals surface area contributed by atoms with Crippen LogP contribution in [0.3, 0.4) is 0 Å².